The molecule has 0 aliphatic carbocycles. The number of carboxylic acid groups (broad SMARTS) is 1. The van der Waals surface area contributed by atoms with Crippen LogP contribution in [-0.4, -0.2) is 11.1 Å². The standard InChI is InChI=1S/C10H10F3NO2.ClH/c11-7-3-5(8(14)4-9(15)16)1-2-6(7)10(12)13;/h1-3,8,10H,4,14H2,(H,15,16);1H. The predicted octanol–water partition coefficient (Wildman–Crippen LogP) is 2.66. The Morgan fingerprint density at radius 3 is 2.41 bits per heavy atom. The van der Waals surface area contributed by atoms with Gasteiger partial charge in [-0.15, -0.1) is 12.4 Å². The smallest absolute Gasteiger partial charge is 0.305 e. The number of hydrogen-bond acceptors (Lipinski definition) is 2. The summed E-state index contributed by atoms with van der Waals surface area (Å²) in [5.41, 5.74) is 4.92. The van der Waals surface area contributed by atoms with Gasteiger partial charge in [-0.25, -0.2) is 13.2 Å². The lowest BCUT2D eigenvalue weighted by Gasteiger charge is -2.10. The van der Waals surface area contributed by atoms with E-state index in [0.717, 1.165) is 12.1 Å². The van der Waals surface area contributed by atoms with Crippen LogP contribution >= 0.6 is 12.4 Å². The lowest BCUT2D eigenvalue weighted by molar-refractivity contribution is -0.137. The summed E-state index contributed by atoms with van der Waals surface area (Å²) in [5.74, 6) is -2.21. The first-order chi connectivity index (χ1) is 7.41. The molecule has 17 heavy (non-hydrogen) atoms. The molecule has 0 radical (unpaired) electrons. The Kier molecular flexibility index (Phi) is 5.98. The highest BCUT2D eigenvalue weighted by Gasteiger charge is 2.16. The third-order valence-corrected chi connectivity index (χ3v) is 2.08. The first-order valence-corrected chi connectivity index (χ1v) is 4.46. The van der Waals surface area contributed by atoms with E-state index in [1.807, 2.05) is 0 Å². The van der Waals surface area contributed by atoms with Crippen LogP contribution in [0, 0.1) is 5.82 Å². The second-order valence-corrected chi connectivity index (χ2v) is 3.29. The number of alkyl halides is 2. The van der Waals surface area contributed by atoms with Gasteiger partial charge < -0.3 is 10.8 Å². The highest BCUT2D eigenvalue weighted by molar-refractivity contribution is 5.85. The lowest BCUT2D eigenvalue weighted by atomic mass is 10.0. The molecule has 3 N–H and O–H groups in total. The molecule has 1 rings (SSSR count). The van der Waals surface area contributed by atoms with E-state index in [-0.39, 0.29) is 24.4 Å². The average molecular weight is 270 g/mol. The van der Waals surface area contributed by atoms with Crippen LogP contribution < -0.4 is 5.73 Å². The number of hydrogen-bond donors (Lipinski definition) is 2. The third-order valence-electron chi connectivity index (χ3n) is 2.08. The Labute approximate surface area is 102 Å². The summed E-state index contributed by atoms with van der Waals surface area (Å²) in [7, 11) is 0. The number of carbonyl (C=O) groups is 1. The summed E-state index contributed by atoms with van der Waals surface area (Å²) in [4.78, 5) is 10.3. The van der Waals surface area contributed by atoms with Gasteiger partial charge in [-0.2, -0.15) is 0 Å². The Morgan fingerprint density at radius 2 is 2.00 bits per heavy atom. The van der Waals surface area contributed by atoms with Gasteiger partial charge >= 0.3 is 5.97 Å². The van der Waals surface area contributed by atoms with Crippen LogP contribution in [0.3, 0.4) is 0 Å². The van der Waals surface area contributed by atoms with E-state index in [9.17, 15) is 18.0 Å². The third kappa shape index (κ3) is 4.24. The predicted molar refractivity (Wildman–Crippen MR) is 57.8 cm³/mol. The van der Waals surface area contributed by atoms with Gasteiger partial charge in [0.15, 0.2) is 0 Å². The van der Waals surface area contributed by atoms with E-state index >= 15 is 0 Å². The Morgan fingerprint density at radius 1 is 1.41 bits per heavy atom. The number of nitrogens with two attached hydrogens (primary N) is 1. The van der Waals surface area contributed by atoms with E-state index in [2.05, 4.69) is 0 Å². The van der Waals surface area contributed by atoms with Crippen molar-refractivity contribution in [2.45, 2.75) is 18.9 Å². The normalized spacial score (nSPS) is 12.1. The molecule has 0 fully saturated rings. The van der Waals surface area contributed by atoms with Gasteiger partial charge in [-0.05, 0) is 11.6 Å². The van der Waals surface area contributed by atoms with E-state index in [0.29, 0.717) is 0 Å². The zero-order valence-corrected chi connectivity index (χ0v) is 9.39. The molecule has 0 spiro atoms. The zero-order chi connectivity index (χ0) is 12.3. The van der Waals surface area contributed by atoms with Crippen molar-refractivity contribution in [1.82, 2.24) is 0 Å². The molecular formula is C10H11ClF3NO2. The van der Waals surface area contributed by atoms with Crippen molar-refractivity contribution in [2.75, 3.05) is 0 Å². The minimum absolute atomic E-state index is 0. The molecule has 0 amide bonds. The fourth-order valence-corrected chi connectivity index (χ4v) is 1.26. The number of rotatable bonds is 4. The van der Waals surface area contributed by atoms with Crippen LogP contribution in [0.5, 0.6) is 0 Å². The van der Waals surface area contributed by atoms with Gasteiger partial charge in [0.2, 0.25) is 0 Å². The van der Waals surface area contributed by atoms with Crippen LogP contribution in [0.2, 0.25) is 0 Å². The highest BCUT2D eigenvalue weighted by Crippen LogP contribution is 2.25. The fourth-order valence-electron chi connectivity index (χ4n) is 1.26. The summed E-state index contributed by atoms with van der Waals surface area (Å²) >= 11 is 0. The Bertz CT molecular complexity index is 401. The minimum atomic E-state index is -2.90. The summed E-state index contributed by atoms with van der Waals surface area (Å²) in [6.07, 6.45) is -3.28. The van der Waals surface area contributed by atoms with Gasteiger partial charge in [0.1, 0.15) is 5.82 Å². The lowest BCUT2D eigenvalue weighted by Crippen LogP contribution is -2.15. The number of halogens is 4. The monoisotopic (exact) mass is 269 g/mol. The second-order valence-electron chi connectivity index (χ2n) is 3.29. The molecule has 0 heterocycles. The maximum Gasteiger partial charge on any atom is 0.305 e. The van der Waals surface area contributed by atoms with E-state index in [1.165, 1.54) is 6.07 Å². The largest absolute Gasteiger partial charge is 0.481 e. The summed E-state index contributed by atoms with van der Waals surface area (Å²) < 4.78 is 37.5. The van der Waals surface area contributed by atoms with Crippen LogP contribution in [-0.2, 0) is 4.79 Å². The first kappa shape index (κ1) is 15.7. The van der Waals surface area contributed by atoms with Crippen LogP contribution in [0.4, 0.5) is 13.2 Å². The van der Waals surface area contributed by atoms with Crippen molar-refractivity contribution < 1.29 is 23.1 Å². The van der Waals surface area contributed by atoms with E-state index in [4.69, 9.17) is 10.8 Å². The van der Waals surface area contributed by atoms with Gasteiger partial charge in [0.25, 0.3) is 6.43 Å². The summed E-state index contributed by atoms with van der Waals surface area (Å²) in [6, 6.07) is 2.06. The number of aliphatic carboxylic acids is 1. The summed E-state index contributed by atoms with van der Waals surface area (Å²) in [6.45, 7) is 0. The Balaban J connectivity index is 0.00000256. The maximum atomic E-state index is 13.1. The van der Waals surface area contributed by atoms with Crippen molar-refractivity contribution in [3.05, 3.63) is 35.1 Å². The van der Waals surface area contributed by atoms with E-state index < -0.39 is 29.8 Å². The summed E-state index contributed by atoms with van der Waals surface area (Å²) in [5, 5.41) is 8.46. The molecule has 3 nitrogen and oxygen atoms in total. The first-order valence-electron chi connectivity index (χ1n) is 4.46. The van der Waals surface area contributed by atoms with E-state index in [1.54, 1.807) is 0 Å². The number of benzene rings is 1. The van der Waals surface area contributed by atoms with Crippen molar-refractivity contribution in [2.24, 2.45) is 5.73 Å². The molecule has 1 atom stereocenters. The van der Waals surface area contributed by atoms with Gasteiger partial charge in [0, 0.05) is 6.04 Å². The topological polar surface area (TPSA) is 63.3 Å². The van der Waals surface area contributed by atoms with Crippen LogP contribution in [0.15, 0.2) is 18.2 Å². The Hall–Kier alpha value is -1.27. The maximum absolute atomic E-state index is 13.1. The molecular weight excluding hydrogens is 259 g/mol. The van der Waals surface area contributed by atoms with Crippen molar-refractivity contribution >= 4 is 18.4 Å². The van der Waals surface area contributed by atoms with Gasteiger partial charge in [-0.1, -0.05) is 12.1 Å². The molecule has 7 heteroatoms. The fraction of sp³-hybridized carbons (Fsp3) is 0.300. The molecule has 0 aromatic heterocycles. The molecule has 0 saturated carbocycles. The van der Waals surface area contributed by atoms with Crippen molar-refractivity contribution in [3.8, 4) is 0 Å². The molecule has 0 aliphatic rings. The van der Waals surface area contributed by atoms with Crippen molar-refractivity contribution in [3.63, 3.8) is 0 Å². The van der Waals surface area contributed by atoms with Crippen LogP contribution in [0.1, 0.15) is 30.0 Å². The quantitative estimate of drug-likeness (QED) is 0.883. The molecule has 0 bridgehead atoms. The minimum Gasteiger partial charge on any atom is -0.481 e. The molecule has 96 valence electrons. The highest BCUT2D eigenvalue weighted by atomic mass is 35.5. The molecule has 1 aromatic carbocycles. The van der Waals surface area contributed by atoms with Crippen LogP contribution in [0.25, 0.3) is 0 Å². The zero-order valence-electron chi connectivity index (χ0n) is 8.57. The average Bonchev–Trinajstić information content (AvgIpc) is 2.15. The van der Waals surface area contributed by atoms with Gasteiger partial charge in [-0.3, -0.25) is 4.79 Å². The number of carboxylic acids is 1. The molecule has 0 saturated heterocycles. The van der Waals surface area contributed by atoms with Crippen molar-refractivity contribution in [1.29, 1.82) is 0 Å². The van der Waals surface area contributed by atoms with Gasteiger partial charge in [0.05, 0.1) is 12.0 Å². The second kappa shape index (κ2) is 6.46. The molecule has 1 unspecified atom stereocenters. The SMILES string of the molecule is Cl.NC(CC(=O)O)c1ccc(C(F)F)c(F)c1. The molecule has 0 aliphatic heterocycles. The molecule has 1 aromatic rings.